The molecule has 3 atom stereocenters. The van der Waals surface area contributed by atoms with Crippen LogP contribution in [0.1, 0.15) is 12.5 Å². The van der Waals surface area contributed by atoms with Gasteiger partial charge in [-0.05, 0) is 61.0 Å². The lowest BCUT2D eigenvalue weighted by molar-refractivity contribution is 0.126. The van der Waals surface area contributed by atoms with E-state index < -0.39 is 0 Å². The summed E-state index contributed by atoms with van der Waals surface area (Å²) in [6.07, 6.45) is 1.55. The van der Waals surface area contributed by atoms with E-state index in [1.54, 1.807) is 18.5 Å². The predicted octanol–water partition coefficient (Wildman–Crippen LogP) is 4.83. The van der Waals surface area contributed by atoms with Crippen molar-refractivity contribution in [3.05, 3.63) is 95.4 Å². The summed E-state index contributed by atoms with van der Waals surface area (Å²) in [7, 11) is 0. The van der Waals surface area contributed by atoms with Crippen LogP contribution in [0.2, 0.25) is 0 Å². The van der Waals surface area contributed by atoms with Gasteiger partial charge in [0, 0.05) is 23.0 Å². The molecule has 0 saturated carbocycles. The molecular formula is C28H25FN4O3. The molecule has 6 rings (SSSR count). The number of hydrogen-bond acceptors (Lipinski definition) is 7. The molecule has 3 aliphatic heterocycles. The van der Waals surface area contributed by atoms with Crippen molar-refractivity contribution in [2.24, 2.45) is 15.7 Å². The van der Waals surface area contributed by atoms with E-state index in [1.807, 2.05) is 48.5 Å². The molecule has 0 saturated heterocycles. The first-order chi connectivity index (χ1) is 17.6. The minimum Gasteiger partial charge on any atom is -0.489 e. The van der Waals surface area contributed by atoms with Gasteiger partial charge in [0.2, 0.25) is 0 Å². The van der Waals surface area contributed by atoms with Gasteiger partial charge in [-0.1, -0.05) is 18.2 Å². The number of anilines is 1. The largest absolute Gasteiger partial charge is 0.489 e. The van der Waals surface area contributed by atoms with Crippen molar-refractivity contribution in [1.29, 1.82) is 0 Å². The van der Waals surface area contributed by atoms with Crippen molar-refractivity contribution >= 4 is 17.9 Å². The summed E-state index contributed by atoms with van der Waals surface area (Å²) in [5.74, 6) is 2.30. The highest BCUT2D eigenvalue weighted by Crippen LogP contribution is 2.42. The number of nitrogens with two attached hydrogens (primary N) is 1. The molecule has 3 aromatic carbocycles. The molecule has 3 aromatic rings. The summed E-state index contributed by atoms with van der Waals surface area (Å²) in [6, 6.07) is 21.3. The summed E-state index contributed by atoms with van der Waals surface area (Å²) < 4.78 is 30.9. The van der Waals surface area contributed by atoms with Gasteiger partial charge < -0.3 is 24.8 Å². The van der Waals surface area contributed by atoms with Gasteiger partial charge in [0.15, 0.2) is 0 Å². The first kappa shape index (κ1) is 22.3. The normalized spacial score (nSPS) is 22.3. The maximum atomic E-state index is 13.1. The van der Waals surface area contributed by atoms with E-state index in [1.165, 1.54) is 17.7 Å². The topological polar surface area (TPSA) is 81.7 Å². The molecule has 2 N–H and O–H groups in total. The van der Waals surface area contributed by atoms with Crippen LogP contribution in [0.3, 0.4) is 0 Å². The van der Waals surface area contributed by atoms with Gasteiger partial charge in [-0.2, -0.15) is 0 Å². The van der Waals surface area contributed by atoms with E-state index in [0.717, 1.165) is 16.9 Å². The lowest BCUT2D eigenvalue weighted by atomic mass is 9.98. The van der Waals surface area contributed by atoms with E-state index in [0.29, 0.717) is 36.3 Å². The Morgan fingerprint density at radius 2 is 1.81 bits per heavy atom. The van der Waals surface area contributed by atoms with Gasteiger partial charge in [0.05, 0.1) is 12.7 Å². The molecule has 8 heteroatoms. The fourth-order valence-electron chi connectivity index (χ4n) is 4.92. The van der Waals surface area contributed by atoms with Crippen LogP contribution in [0.5, 0.6) is 17.2 Å². The first-order valence-electron chi connectivity index (χ1n) is 11.8. The Morgan fingerprint density at radius 1 is 1.03 bits per heavy atom. The SMILES string of the molecule is CC1OCC2=C1C1N=CN=C(N)C1N2c1ccc(Oc2cccc(OCc3ccc(F)cc3)c2)cc1. The van der Waals surface area contributed by atoms with E-state index in [4.69, 9.17) is 19.9 Å². The molecule has 0 bridgehead atoms. The van der Waals surface area contributed by atoms with Crippen LogP contribution in [0, 0.1) is 5.82 Å². The monoisotopic (exact) mass is 484 g/mol. The number of benzene rings is 3. The van der Waals surface area contributed by atoms with Crippen molar-refractivity contribution in [3.63, 3.8) is 0 Å². The summed E-state index contributed by atoms with van der Waals surface area (Å²) in [5.41, 5.74) is 10.5. The molecule has 182 valence electrons. The third-order valence-corrected chi connectivity index (χ3v) is 6.64. The lowest BCUT2D eigenvalue weighted by Crippen LogP contribution is -2.49. The standard InChI is InChI=1S/C28H25FN4O3/c1-17-25-24(15-34-17)33(27-26(25)31-16-32-28(27)30)20-9-11-21(12-10-20)36-23-4-2-3-22(13-23)35-14-18-5-7-19(29)8-6-18/h2-13,16-17,26-27H,14-15H2,1H3,(H2,30,31,32). The highest BCUT2D eigenvalue weighted by atomic mass is 19.1. The number of rotatable bonds is 6. The van der Waals surface area contributed by atoms with Gasteiger partial charge >= 0.3 is 0 Å². The summed E-state index contributed by atoms with van der Waals surface area (Å²) in [6.45, 7) is 2.91. The maximum Gasteiger partial charge on any atom is 0.131 e. The predicted molar refractivity (Wildman–Crippen MR) is 136 cm³/mol. The third kappa shape index (κ3) is 4.09. The Labute approximate surface area is 208 Å². The molecule has 0 spiro atoms. The summed E-state index contributed by atoms with van der Waals surface area (Å²) in [5, 5.41) is 0. The Kier molecular flexibility index (Phi) is 5.65. The molecule has 0 fully saturated rings. The van der Waals surface area contributed by atoms with E-state index in [9.17, 15) is 4.39 Å². The molecule has 0 amide bonds. The van der Waals surface area contributed by atoms with Crippen LogP contribution in [-0.2, 0) is 11.3 Å². The highest BCUT2D eigenvalue weighted by molar-refractivity contribution is 5.99. The Hall–Kier alpha value is -4.17. The van der Waals surface area contributed by atoms with Gasteiger partial charge in [-0.3, -0.25) is 4.99 Å². The first-order valence-corrected chi connectivity index (χ1v) is 11.8. The van der Waals surface area contributed by atoms with E-state index in [2.05, 4.69) is 21.8 Å². The smallest absolute Gasteiger partial charge is 0.131 e. The van der Waals surface area contributed by atoms with Gasteiger partial charge in [0.1, 0.15) is 53.9 Å². The van der Waals surface area contributed by atoms with Crippen LogP contribution in [0.25, 0.3) is 0 Å². The van der Waals surface area contributed by atoms with E-state index >= 15 is 0 Å². The quantitative estimate of drug-likeness (QED) is 0.542. The van der Waals surface area contributed by atoms with Crippen LogP contribution in [0.4, 0.5) is 10.1 Å². The zero-order valence-corrected chi connectivity index (χ0v) is 19.7. The summed E-state index contributed by atoms with van der Waals surface area (Å²) >= 11 is 0. The number of hydrogen-bond donors (Lipinski definition) is 1. The highest BCUT2D eigenvalue weighted by Gasteiger charge is 2.48. The number of ether oxygens (including phenoxy) is 3. The van der Waals surface area contributed by atoms with Gasteiger partial charge in [0.25, 0.3) is 0 Å². The van der Waals surface area contributed by atoms with Crippen LogP contribution in [-0.4, -0.2) is 37.0 Å². The molecule has 3 unspecified atom stereocenters. The minimum absolute atomic E-state index is 0.000657. The molecular weight excluding hydrogens is 459 g/mol. The van der Waals surface area contributed by atoms with Crippen LogP contribution >= 0.6 is 0 Å². The van der Waals surface area contributed by atoms with Gasteiger partial charge in [-0.25, -0.2) is 9.38 Å². The second kappa shape index (κ2) is 9.13. The second-order valence-electron chi connectivity index (χ2n) is 8.92. The average molecular weight is 485 g/mol. The molecule has 3 aliphatic rings. The fourth-order valence-corrected chi connectivity index (χ4v) is 4.92. The number of fused-ring (bicyclic) bond motifs is 2. The van der Waals surface area contributed by atoms with Crippen LogP contribution in [0.15, 0.2) is 94.1 Å². The third-order valence-electron chi connectivity index (χ3n) is 6.64. The lowest BCUT2D eigenvalue weighted by Gasteiger charge is -2.33. The number of aliphatic imine (C=N–C) groups is 2. The van der Waals surface area contributed by atoms with Gasteiger partial charge in [-0.15, -0.1) is 0 Å². The van der Waals surface area contributed by atoms with Crippen molar-refractivity contribution in [3.8, 4) is 17.2 Å². The molecule has 0 radical (unpaired) electrons. The molecule has 0 aliphatic carbocycles. The summed E-state index contributed by atoms with van der Waals surface area (Å²) in [4.78, 5) is 11.1. The zero-order chi connectivity index (χ0) is 24.6. The van der Waals surface area contributed by atoms with Crippen molar-refractivity contribution in [1.82, 2.24) is 0 Å². The Morgan fingerprint density at radius 3 is 2.61 bits per heavy atom. The minimum atomic E-state index is -0.267. The second-order valence-corrected chi connectivity index (χ2v) is 8.92. The Bertz CT molecular complexity index is 1370. The van der Waals surface area contributed by atoms with Crippen LogP contribution < -0.4 is 20.1 Å². The van der Waals surface area contributed by atoms with Crippen molar-refractivity contribution < 1.29 is 18.6 Å². The molecule has 0 aromatic heterocycles. The molecule has 36 heavy (non-hydrogen) atoms. The average Bonchev–Trinajstić information content (AvgIpc) is 3.43. The van der Waals surface area contributed by atoms with Crippen molar-refractivity contribution in [2.75, 3.05) is 11.5 Å². The maximum absolute atomic E-state index is 13.1. The van der Waals surface area contributed by atoms with Crippen molar-refractivity contribution in [2.45, 2.75) is 31.7 Å². The fraction of sp³-hybridized carbons (Fsp3) is 0.214. The zero-order valence-electron chi connectivity index (χ0n) is 19.7. The number of halogens is 1. The Balaban J connectivity index is 1.17. The number of nitrogens with zero attached hydrogens (tertiary/aromatic N) is 3. The number of amidine groups is 1. The van der Waals surface area contributed by atoms with E-state index in [-0.39, 0.29) is 24.0 Å². The molecule has 7 nitrogen and oxygen atoms in total. The molecule has 3 heterocycles.